The Hall–Kier alpha value is -3.06. The molecule has 0 saturated heterocycles. The van der Waals surface area contributed by atoms with Gasteiger partial charge in [0.2, 0.25) is 0 Å². The predicted octanol–water partition coefficient (Wildman–Crippen LogP) is 2.86. The van der Waals surface area contributed by atoms with Crippen molar-refractivity contribution in [3.8, 4) is 23.6 Å². The van der Waals surface area contributed by atoms with E-state index in [9.17, 15) is 5.21 Å². The number of anilines is 1. The zero-order valence-electron chi connectivity index (χ0n) is 10.8. The highest BCUT2D eigenvalue weighted by atomic mass is 16.9. The molecule has 0 amide bonds. The summed E-state index contributed by atoms with van der Waals surface area (Å²) in [5.41, 5.74) is 1.94. The van der Waals surface area contributed by atoms with Crippen LogP contribution in [-0.4, -0.2) is 5.21 Å². The second-order valence-electron chi connectivity index (χ2n) is 4.37. The molecule has 0 aliphatic carbocycles. The first-order valence-electron chi connectivity index (χ1n) is 6.08. The van der Waals surface area contributed by atoms with Gasteiger partial charge in [0, 0.05) is 5.56 Å². The summed E-state index contributed by atoms with van der Waals surface area (Å²) >= 11 is 0. The van der Waals surface area contributed by atoms with Crippen molar-refractivity contribution >= 4 is 5.69 Å². The van der Waals surface area contributed by atoms with E-state index < -0.39 is 0 Å². The predicted molar refractivity (Wildman–Crippen MR) is 71.4 cm³/mol. The maximum atomic E-state index is 9.39. The van der Waals surface area contributed by atoms with E-state index in [1.165, 1.54) is 6.07 Å². The van der Waals surface area contributed by atoms with Crippen molar-refractivity contribution in [3.63, 3.8) is 0 Å². The Kier molecular flexibility index (Phi) is 3.17. The lowest BCUT2D eigenvalue weighted by Crippen LogP contribution is -2.10. The lowest BCUT2D eigenvalue weighted by Gasteiger charge is -2.09. The van der Waals surface area contributed by atoms with Crippen molar-refractivity contribution in [1.29, 1.82) is 10.5 Å². The van der Waals surface area contributed by atoms with Gasteiger partial charge in [0.15, 0.2) is 0 Å². The van der Waals surface area contributed by atoms with Crippen LogP contribution in [0, 0.1) is 22.7 Å². The molecule has 0 atom stereocenters. The SMILES string of the molecule is N#Cc1ccc(Oc2ccc3c(c2)CON3O)cc1C#N. The van der Waals surface area contributed by atoms with Gasteiger partial charge in [-0.05, 0) is 36.4 Å². The third-order valence-electron chi connectivity index (χ3n) is 3.07. The van der Waals surface area contributed by atoms with Crippen molar-refractivity contribution in [2.45, 2.75) is 6.61 Å². The average molecular weight is 279 g/mol. The van der Waals surface area contributed by atoms with E-state index in [1.54, 1.807) is 30.3 Å². The Bertz CT molecular complexity index is 790. The Labute approximate surface area is 120 Å². The van der Waals surface area contributed by atoms with Gasteiger partial charge in [0.25, 0.3) is 0 Å². The zero-order chi connectivity index (χ0) is 14.8. The van der Waals surface area contributed by atoms with E-state index >= 15 is 0 Å². The van der Waals surface area contributed by atoms with Crippen molar-refractivity contribution in [2.75, 3.05) is 5.23 Å². The summed E-state index contributed by atoms with van der Waals surface area (Å²) in [6.07, 6.45) is 0. The molecule has 2 aromatic carbocycles. The van der Waals surface area contributed by atoms with Gasteiger partial charge < -0.3 is 4.74 Å². The van der Waals surface area contributed by atoms with Crippen LogP contribution in [0.1, 0.15) is 16.7 Å². The van der Waals surface area contributed by atoms with Crippen molar-refractivity contribution < 1.29 is 14.8 Å². The van der Waals surface area contributed by atoms with Crippen LogP contribution in [0.15, 0.2) is 36.4 Å². The third kappa shape index (κ3) is 2.37. The van der Waals surface area contributed by atoms with Crippen LogP contribution in [0.2, 0.25) is 0 Å². The van der Waals surface area contributed by atoms with Gasteiger partial charge in [0.1, 0.15) is 35.9 Å². The molecule has 21 heavy (non-hydrogen) atoms. The molecule has 6 heteroatoms. The summed E-state index contributed by atoms with van der Waals surface area (Å²) in [4.78, 5) is 4.95. The molecule has 1 aliphatic rings. The van der Waals surface area contributed by atoms with Crippen LogP contribution in [-0.2, 0) is 11.4 Å². The fraction of sp³-hybridized carbons (Fsp3) is 0.0667. The average Bonchev–Trinajstić information content (AvgIpc) is 2.88. The molecule has 0 saturated carbocycles. The molecular formula is C15H9N3O3. The minimum atomic E-state index is 0.264. The summed E-state index contributed by atoms with van der Waals surface area (Å²) in [6, 6.07) is 13.7. The Morgan fingerprint density at radius 1 is 1.05 bits per heavy atom. The van der Waals surface area contributed by atoms with E-state index in [4.69, 9.17) is 20.1 Å². The molecule has 0 radical (unpaired) electrons. The van der Waals surface area contributed by atoms with Gasteiger partial charge in [-0.1, -0.05) is 0 Å². The number of hydrogen-bond donors (Lipinski definition) is 1. The first-order chi connectivity index (χ1) is 10.2. The largest absolute Gasteiger partial charge is 0.457 e. The summed E-state index contributed by atoms with van der Waals surface area (Å²) in [6.45, 7) is 0.264. The molecule has 0 fully saturated rings. The van der Waals surface area contributed by atoms with E-state index in [0.717, 1.165) is 5.56 Å². The fourth-order valence-electron chi connectivity index (χ4n) is 2.04. The Balaban J connectivity index is 1.88. The molecule has 0 spiro atoms. The van der Waals surface area contributed by atoms with E-state index in [2.05, 4.69) is 0 Å². The van der Waals surface area contributed by atoms with E-state index in [-0.39, 0.29) is 12.2 Å². The Morgan fingerprint density at radius 3 is 2.52 bits per heavy atom. The second kappa shape index (κ2) is 5.14. The van der Waals surface area contributed by atoms with E-state index in [0.29, 0.717) is 28.0 Å². The van der Waals surface area contributed by atoms with Crippen molar-refractivity contribution in [3.05, 3.63) is 53.1 Å². The van der Waals surface area contributed by atoms with Gasteiger partial charge in [-0.2, -0.15) is 10.5 Å². The molecule has 6 nitrogen and oxygen atoms in total. The summed E-state index contributed by atoms with van der Waals surface area (Å²) in [7, 11) is 0. The van der Waals surface area contributed by atoms with Gasteiger partial charge >= 0.3 is 0 Å². The maximum absolute atomic E-state index is 9.39. The molecule has 0 aromatic heterocycles. The molecule has 2 aromatic rings. The van der Waals surface area contributed by atoms with Crippen molar-refractivity contribution in [1.82, 2.24) is 0 Å². The van der Waals surface area contributed by atoms with E-state index in [1.807, 2.05) is 12.1 Å². The highest BCUT2D eigenvalue weighted by Gasteiger charge is 2.19. The molecule has 1 N–H and O–H groups in total. The summed E-state index contributed by atoms with van der Waals surface area (Å²) in [5.74, 6) is 1.02. The first-order valence-corrected chi connectivity index (χ1v) is 6.08. The molecule has 1 heterocycles. The molecular weight excluding hydrogens is 270 g/mol. The molecule has 3 rings (SSSR count). The molecule has 102 valence electrons. The fourth-order valence-corrected chi connectivity index (χ4v) is 2.04. The van der Waals surface area contributed by atoms with Crippen LogP contribution >= 0.6 is 0 Å². The number of fused-ring (bicyclic) bond motifs is 1. The van der Waals surface area contributed by atoms with Gasteiger partial charge in [-0.15, -0.1) is 5.23 Å². The van der Waals surface area contributed by atoms with Crippen LogP contribution in [0.3, 0.4) is 0 Å². The first kappa shape index (κ1) is 12.9. The number of nitriles is 2. The smallest absolute Gasteiger partial charge is 0.128 e. The van der Waals surface area contributed by atoms with Crippen LogP contribution in [0.5, 0.6) is 11.5 Å². The molecule has 1 aliphatic heterocycles. The minimum absolute atomic E-state index is 0.264. The van der Waals surface area contributed by atoms with Gasteiger partial charge in [-0.3, -0.25) is 5.21 Å². The zero-order valence-corrected chi connectivity index (χ0v) is 10.8. The molecule has 0 bridgehead atoms. The number of nitrogens with zero attached hydrogens (tertiary/aromatic N) is 3. The number of hydrogen-bond acceptors (Lipinski definition) is 6. The van der Waals surface area contributed by atoms with Crippen molar-refractivity contribution in [2.24, 2.45) is 0 Å². The monoisotopic (exact) mass is 279 g/mol. The normalized spacial score (nSPS) is 12.4. The highest BCUT2D eigenvalue weighted by molar-refractivity contribution is 5.56. The molecule has 0 unspecified atom stereocenters. The van der Waals surface area contributed by atoms with Crippen LogP contribution < -0.4 is 9.96 Å². The van der Waals surface area contributed by atoms with Crippen LogP contribution in [0.4, 0.5) is 5.69 Å². The minimum Gasteiger partial charge on any atom is -0.457 e. The number of rotatable bonds is 2. The number of benzene rings is 2. The van der Waals surface area contributed by atoms with Gasteiger partial charge in [-0.25, -0.2) is 4.84 Å². The number of ether oxygens (including phenoxy) is 1. The quantitative estimate of drug-likeness (QED) is 0.909. The maximum Gasteiger partial charge on any atom is 0.128 e. The highest BCUT2D eigenvalue weighted by Crippen LogP contribution is 2.32. The Morgan fingerprint density at radius 2 is 1.76 bits per heavy atom. The lowest BCUT2D eigenvalue weighted by atomic mass is 10.1. The third-order valence-corrected chi connectivity index (χ3v) is 3.07. The summed E-state index contributed by atoms with van der Waals surface area (Å²) in [5, 5.41) is 28.0. The lowest BCUT2D eigenvalue weighted by molar-refractivity contribution is -0.0329. The second-order valence-corrected chi connectivity index (χ2v) is 4.37. The van der Waals surface area contributed by atoms with Gasteiger partial charge in [0.05, 0.1) is 11.1 Å². The topological polar surface area (TPSA) is 89.5 Å². The van der Waals surface area contributed by atoms with Crippen LogP contribution in [0.25, 0.3) is 0 Å². The standard InChI is InChI=1S/C15H9N3O3/c16-7-10-1-2-13(5-11(10)8-17)21-14-3-4-15-12(6-14)9-20-18(15)19/h1-6,19H,9H2. The summed E-state index contributed by atoms with van der Waals surface area (Å²) < 4.78 is 5.66.